The van der Waals surface area contributed by atoms with Gasteiger partial charge in [0.1, 0.15) is 5.84 Å². The van der Waals surface area contributed by atoms with Crippen LogP contribution in [0.2, 0.25) is 5.02 Å². The van der Waals surface area contributed by atoms with Gasteiger partial charge in [0.2, 0.25) is 5.91 Å². The van der Waals surface area contributed by atoms with Crippen molar-refractivity contribution in [2.75, 3.05) is 10.6 Å². The number of anilines is 2. The standard InChI is InChI=1S/C23H26ClN3O/c1-16(28)26-20-10-6-8-18-14-23(11-3-2-4-12-23)22(27-21(18)20)25-15-17-7-5-9-19(24)13-17/h5-10,13H,2-4,11-12,14-15H2,1H3,(H,25,27)(H,26,28). The zero-order valence-corrected chi connectivity index (χ0v) is 17.0. The Morgan fingerprint density at radius 1 is 1.18 bits per heavy atom. The van der Waals surface area contributed by atoms with Crippen LogP contribution in [0.4, 0.5) is 11.4 Å². The molecule has 1 amide bonds. The third kappa shape index (κ3) is 3.93. The predicted octanol–water partition coefficient (Wildman–Crippen LogP) is 5.82. The van der Waals surface area contributed by atoms with Crippen molar-refractivity contribution < 1.29 is 4.79 Å². The summed E-state index contributed by atoms with van der Waals surface area (Å²) in [6, 6.07) is 14.0. The Bertz CT molecular complexity index is 916. The van der Waals surface area contributed by atoms with Gasteiger partial charge >= 0.3 is 0 Å². The molecule has 1 aliphatic carbocycles. The second-order valence-electron chi connectivity index (χ2n) is 7.96. The fourth-order valence-corrected chi connectivity index (χ4v) is 4.76. The molecule has 0 unspecified atom stereocenters. The number of hydrogen-bond acceptors (Lipinski definition) is 2. The van der Waals surface area contributed by atoms with E-state index < -0.39 is 0 Å². The summed E-state index contributed by atoms with van der Waals surface area (Å²) in [5.74, 6) is 0.989. The number of carbonyl (C=O) groups is 1. The first-order valence-electron chi connectivity index (χ1n) is 10.0. The van der Waals surface area contributed by atoms with Crippen molar-refractivity contribution in [1.82, 2.24) is 0 Å². The molecular formula is C23H26ClN3O. The van der Waals surface area contributed by atoms with Crippen LogP contribution < -0.4 is 10.6 Å². The number of fused-ring (bicyclic) bond motifs is 1. The minimum atomic E-state index is -0.0643. The van der Waals surface area contributed by atoms with E-state index in [1.165, 1.54) is 24.8 Å². The molecule has 2 aromatic carbocycles. The molecule has 0 bridgehead atoms. The summed E-state index contributed by atoms with van der Waals surface area (Å²) in [5.41, 5.74) is 4.24. The summed E-state index contributed by atoms with van der Waals surface area (Å²) in [5, 5.41) is 7.31. The number of aliphatic imine (C=N–C) groups is 1. The molecule has 0 atom stereocenters. The number of hydrogen-bond donors (Lipinski definition) is 2. The van der Waals surface area contributed by atoms with Gasteiger partial charge in [0, 0.05) is 17.4 Å². The molecule has 2 N–H and O–H groups in total. The number of nitrogens with zero attached hydrogens (tertiary/aromatic N) is 1. The van der Waals surface area contributed by atoms with E-state index >= 15 is 0 Å². The zero-order chi connectivity index (χ0) is 19.6. The van der Waals surface area contributed by atoms with Crippen molar-refractivity contribution in [3.05, 3.63) is 58.6 Å². The van der Waals surface area contributed by atoms with Crippen molar-refractivity contribution in [3.63, 3.8) is 0 Å². The Balaban J connectivity index is 1.70. The lowest BCUT2D eigenvalue weighted by Gasteiger charge is -2.43. The van der Waals surface area contributed by atoms with Gasteiger partial charge in [0.25, 0.3) is 0 Å². The molecule has 146 valence electrons. The molecule has 2 aromatic rings. The zero-order valence-electron chi connectivity index (χ0n) is 16.2. The maximum atomic E-state index is 11.6. The molecule has 5 heteroatoms. The number of benzene rings is 2. The molecule has 0 aromatic heterocycles. The Morgan fingerprint density at radius 3 is 2.71 bits per heavy atom. The molecule has 1 heterocycles. The van der Waals surface area contributed by atoms with Gasteiger partial charge in [-0.3, -0.25) is 9.79 Å². The van der Waals surface area contributed by atoms with Crippen LogP contribution in [0.3, 0.4) is 0 Å². The van der Waals surface area contributed by atoms with E-state index in [-0.39, 0.29) is 11.3 Å². The lowest BCUT2D eigenvalue weighted by atomic mass is 9.67. The fourth-order valence-electron chi connectivity index (χ4n) is 4.54. The molecule has 0 radical (unpaired) electrons. The summed E-state index contributed by atoms with van der Waals surface area (Å²) in [4.78, 5) is 16.7. The van der Waals surface area contributed by atoms with Crippen LogP contribution in [0.15, 0.2) is 47.5 Å². The van der Waals surface area contributed by atoms with Gasteiger partial charge in [-0.25, -0.2) is 0 Å². The number of nitrogens with one attached hydrogen (secondary N) is 2. The topological polar surface area (TPSA) is 53.5 Å². The van der Waals surface area contributed by atoms with Crippen molar-refractivity contribution in [2.45, 2.75) is 52.0 Å². The predicted molar refractivity (Wildman–Crippen MR) is 116 cm³/mol. The maximum Gasteiger partial charge on any atom is 0.221 e. The van der Waals surface area contributed by atoms with E-state index in [1.54, 1.807) is 6.92 Å². The van der Waals surface area contributed by atoms with Gasteiger partial charge in [-0.2, -0.15) is 0 Å². The monoisotopic (exact) mass is 395 g/mol. The minimum Gasteiger partial charge on any atom is -0.342 e. The molecular weight excluding hydrogens is 370 g/mol. The quantitative estimate of drug-likeness (QED) is 0.688. The molecule has 1 fully saturated rings. The van der Waals surface area contributed by atoms with Crippen LogP contribution in [-0.4, -0.2) is 11.7 Å². The highest BCUT2D eigenvalue weighted by Gasteiger charge is 2.41. The average molecular weight is 396 g/mol. The summed E-state index contributed by atoms with van der Waals surface area (Å²) in [7, 11) is 0. The first kappa shape index (κ1) is 19.0. The molecule has 1 spiro atoms. The van der Waals surface area contributed by atoms with Gasteiger partial charge in [-0.15, -0.1) is 0 Å². The van der Waals surface area contributed by atoms with Gasteiger partial charge in [-0.1, -0.05) is 55.1 Å². The van der Waals surface area contributed by atoms with E-state index in [9.17, 15) is 4.79 Å². The Kier molecular flexibility index (Phi) is 5.40. The molecule has 28 heavy (non-hydrogen) atoms. The summed E-state index contributed by atoms with van der Waals surface area (Å²) in [6.45, 7) is 2.14. The van der Waals surface area contributed by atoms with Crippen molar-refractivity contribution in [3.8, 4) is 0 Å². The maximum absolute atomic E-state index is 11.6. The average Bonchev–Trinajstić information content (AvgIpc) is 2.67. The van der Waals surface area contributed by atoms with Gasteiger partial charge in [0.05, 0.1) is 17.9 Å². The second kappa shape index (κ2) is 7.96. The first-order chi connectivity index (χ1) is 13.6. The molecule has 0 saturated heterocycles. The van der Waals surface area contributed by atoms with Gasteiger partial charge in [-0.05, 0) is 48.6 Å². The van der Waals surface area contributed by atoms with Crippen LogP contribution in [0.5, 0.6) is 0 Å². The fraction of sp³-hybridized carbons (Fsp3) is 0.391. The number of amides is 1. The van der Waals surface area contributed by atoms with Crippen molar-refractivity contribution in [1.29, 1.82) is 0 Å². The largest absolute Gasteiger partial charge is 0.342 e. The number of para-hydroxylation sites is 1. The molecule has 4 rings (SSSR count). The normalized spacial score (nSPS) is 19.1. The number of carbonyl (C=O) groups excluding carboxylic acids is 1. The van der Waals surface area contributed by atoms with Gasteiger partial charge in [0.15, 0.2) is 0 Å². The van der Waals surface area contributed by atoms with E-state index in [1.807, 2.05) is 30.3 Å². The van der Waals surface area contributed by atoms with Crippen LogP contribution in [-0.2, 0) is 17.8 Å². The smallest absolute Gasteiger partial charge is 0.221 e. The van der Waals surface area contributed by atoms with E-state index in [4.69, 9.17) is 16.6 Å². The highest BCUT2D eigenvalue weighted by molar-refractivity contribution is 6.30. The Morgan fingerprint density at radius 2 is 1.96 bits per heavy atom. The van der Waals surface area contributed by atoms with Crippen LogP contribution >= 0.6 is 11.6 Å². The third-order valence-electron chi connectivity index (χ3n) is 5.86. The molecule has 4 nitrogen and oxygen atoms in total. The minimum absolute atomic E-state index is 0.0643. The van der Waals surface area contributed by atoms with E-state index in [2.05, 4.69) is 22.8 Å². The molecule has 2 aliphatic rings. The van der Waals surface area contributed by atoms with Crippen molar-refractivity contribution >= 4 is 34.7 Å². The summed E-state index contributed by atoms with van der Waals surface area (Å²) in [6.07, 6.45) is 7.03. The van der Waals surface area contributed by atoms with Crippen LogP contribution in [0.25, 0.3) is 0 Å². The third-order valence-corrected chi connectivity index (χ3v) is 6.09. The highest BCUT2D eigenvalue weighted by Crippen LogP contribution is 2.46. The number of halogens is 1. The lowest BCUT2D eigenvalue weighted by Crippen LogP contribution is -2.43. The SMILES string of the molecule is CC(=O)Nc1cccc2c1NC(=NCc1cccc(Cl)c1)C1(CCCCC1)C2. The number of amidine groups is 1. The number of rotatable bonds is 3. The lowest BCUT2D eigenvalue weighted by molar-refractivity contribution is -0.114. The summed E-state index contributed by atoms with van der Waals surface area (Å²) < 4.78 is 0. The van der Waals surface area contributed by atoms with E-state index in [0.29, 0.717) is 6.54 Å². The molecule has 1 saturated carbocycles. The molecule has 1 aliphatic heterocycles. The Labute approximate surface area is 171 Å². The first-order valence-corrected chi connectivity index (χ1v) is 10.4. The van der Waals surface area contributed by atoms with Crippen molar-refractivity contribution in [2.24, 2.45) is 10.4 Å². The second-order valence-corrected chi connectivity index (χ2v) is 8.39. The highest BCUT2D eigenvalue weighted by atomic mass is 35.5. The van der Waals surface area contributed by atoms with E-state index in [0.717, 1.165) is 47.1 Å². The Hall–Kier alpha value is -2.33. The van der Waals surface area contributed by atoms with Crippen LogP contribution in [0, 0.1) is 5.41 Å². The van der Waals surface area contributed by atoms with Crippen LogP contribution in [0.1, 0.15) is 50.2 Å². The van der Waals surface area contributed by atoms with Gasteiger partial charge < -0.3 is 10.6 Å². The summed E-state index contributed by atoms with van der Waals surface area (Å²) >= 11 is 6.14.